The van der Waals surface area contributed by atoms with Crippen LogP contribution in [-0.4, -0.2) is 23.5 Å². The van der Waals surface area contributed by atoms with Crippen LogP contribution < -0.4 is 5.32 Å². The topological polar surface area (TPSA) is 66.4 Å². The van der Waals surface area contributed by atoms with Crippen molar-refractivity contribution in [2.75, 3.05) is 6.54 Å². The molecule has 5 heteroatoms. The van der Waals surface area contributed by atoms with Crippen LogP contribution in [0.15, 0.2) is 11.4 Å². The minimum absolute atomic E-state index is 0.0768. The average Bonchev–Trinajstić information content (AvgIpc) is 2.68. The van der Waals surface area contributed by atoms with Crippen LogP contribution in [0.3, 0.4) is 0 Å². The number of carboxylic acid groups (broad SMARTS) is 1. The Hall–Kier alpha value is -1.36. The number of nitrogens with one attached hydrogen (secondary N) is 1. The van der Waals surface area contributed by atoms with E-state index in [1.165, 1.54) is 11.3 Å². The van der Waals surface area contributed by atoms with Gasteiger partial charge in [0, 0.05) is 6.54 Å². The Labute approximate surface area is 117 Å². The van der Waals surface area contributed by atoms with Crippen LogP contribution in [0.1, 0.15) is 42.4 Å². The third-order valence-corrected chi connectivity index (χ3v) is 3.80. The molecule has 19 heavy (non-hydrogen) atoms. The van der Waals surface area contributed by atoms with Gasteiger partial charge in [-0.05, 0) is 35.8 Å². The Morgan fingerprint density at radius 1 is 1.42 bits per heavy atom. The van der Waals surface area contributed by atoms with Gasteiger partial charge in [-0.15, -0.1) is 11.3 Å². The Morgan fingerprint density at radius 3 is 2.47 bits per heavy atom. The van der Waals surface area contributed by atoms with E-state index in [2.05, 4.69) is 5.32 Å². The molecule has 0 aromatic carbocycles. The first-order valence-corrected chi connectivity index (χ1v) is 7.14. The predicted octanol–water partition coefficient (Wildman–Crippen LogP) is 2.92. The minimum atomic E-state index is -0.863. The molecule has 106 valence electrons. The third-order valence-electron chi connectivity index (χ3n) is 2.79. The molecule has 0 aliphatic rings. The summed E-state index contributed by atoms with van der Waals surface area (Å²) in [5.41, 5.74) is 0.845. The van der Waals surface area contributed by atoms with Gasteiger partial charge in [-0.2, -0.15) is 0 Å². The first kappa shape index (κ1) is 15.7. The molecular formula is C14H21NO3S. The molecule has 0 saturated carbocycles. The lowest BCUT2D eigenvalue weighted by atomic mass is 9.84. The van der Waals surface area contributed by atoms with Crippen molar-refractivity contribution in [2.24, 2.45) is 11.3 Å². The number of hydrogen-bond acceptors (Lipinski definition) is 3. The van der Waals surface area contributed by atoms with Gasteiger partial charge in [-0.25, -0.2) is 0 Å². The highest BCUT2D eigenvalue weighted by Crippen LogP contribution is 2.24. The smallest absolute Gasteiger partial charge is 0.308 e. The average molecular weight is 283 g/mol. The maximum atomic E-state index is 11.9. The summed E-state index contributed by atoms with van der Waals surface area (Å²) in [6, 6.07) is 1.88. The molecule has 0 spiro atoms. The summed E-state index contributed by atoms with van der Waals surface area (Å²) in [5, 5.41) is 13.8. The van der Waals surface area contributed by atoms with Gasteiger partial charge in [-0.3, -0.25) is 9.59 Å². The predicted molar refractivity (Wildman–Crippen MR) is 76.6 cm³/mol. The van der Waals surface area contributed by atoms with Gasteiger partial charge in [0.15, 0.2) is 0 Å². The van der Waals surface area contributed by atoms with Crippen LogP contribution in [0, 0.1) is 18.3 Å². The van der Waals surface area contributed by atoms with E-state index in [9.17, 15) is 14.7 Å². The Bertz CT molecular complexity index is 460. The highest BCUT2D eigenvalue weighted by Gasteiger charge is 2.25. The largest absolute Gasteiger partial charge is 0.481 e. The molecule has 1 aromatic heterocycles. The van der Waals surface area contributed by atoms with Gasteiger partial charge < -0.3 is 10.4 Å². The summed E-state index contributed by atoms with van der Waals surface area (Å²) in [6.45, 7) is 8.02. The van der Waals surface area contributed by atoms with E-state index < -0.39 is 11.9 Å². The van der Waals surface area contributed by atoms with Crippen molar-refractivity contribution in [1.29, 1.82) is 0 Å². The highest BCUT2D eigenvalue weighted by atomic mass is 32.1. The van der Waals surface area contributed by atoms with Crippen molar-refractivity contribution in [3.63, 3.8) is 0 Å². The molecule has 0 radical (unpaired) electrons. The number of hydrogen-bond donors (Lipinski definition) is 2. The molecule has 2 N–H and O–H groups in total. The molecule has 1 unspecified atom stereocenters. The van der Waals surface area contributed by atoms with Gasteiger partial charge in [0.2, 0.25) is 0 Å². The van der Waals surface area contributed by atoms with Crippen LogP contribution in [0.4, 0.5) is 0 Å². The highest BCUT2D eigenvalue weighted by molar-refractivity contribution is 7.12. The van der Waals surface area contributed by atoms with Crippen molar-refractivity contribution in [1.82, 2.24) is 5.32 Å². The fourth-order valence-electron chi connectivity index (χ4n) is 1.89. The Morgan fingerprint density at radius 2 is 2.05 bits per heavy atom. The first-order chi connectivity index (χ1) is 8.70. The van der Waals surface area contributed by atoms with Gasteiger partial charge in [-0.1, -0.05) is 20.8 Å². The molecule has 0 saturated heterocycles. The molecule has 1 rings (SSSR count). The van der Waals surface area contributed by atoms with Crippen molar-refractivity contribution in [3.05, 3.63) is 21.9 Å². The summed E-state index contributed by atoms with van der Waals surface area (Å²) >= 11 is 1.37. The quantitative estimate of drug-likeness (QED) is 0.873. The standard InChI is InChI=1S/C14H21NO3S/c1-9-5-6-19-11(9)12(16)15-8-10(13(17)18)7-14(2,3)4/h5-6,10H,7-8H2,1-4H3,(H,15,16)(H,17,18). The Kier molecular flexibility index (Phi) is 5.11. The van der Waals surface area contributed by atoms with E-state index >= 15 is 0 Å². The summed E-state index contributed by atoms with van der Waals surface area (Å²) in [4.78, 5) is 23.8. The van der Waals surface area contributed by atoms with E-state index in [-0.39, 0.29) is 17.9 Å². The lowest BCUT2D eigenvalue weighted by molar-refractivity contribution is -0.142. The van der Waals surface area contributed by atoms with Gasteiger partial charge in [0.25, 0.3) is 5.91 Å². The molecule has 1 aromatic rings. The van der Waals surface area contributed by atoms with Crippen LogP contribution in [0.2, 0.25) is 0 Å². The van der Waals surface area contributed by atoms with Crippen LogP contribution in [0.5, 0.6) is 0 Å². The van der Waals surface area contributed by atoms with Crippen LogP contribution in [-0.2, 0) is 4.79 Å². The number of aryl methyl sites for hydroxylation is 1. The molecule has 4 nitrogen and oxygen atoms in total. The second-order valence-electron chi connectivity index (χ2n) is 5.94. The van der Waals surface area contributed by atoms with Crippen molar-refractivity contribution in [2.45, 2.75) is 34.1 Å². The van der Waals surface area contributed by atoms with Gasteiger partial charge >= 0.3 is 5.97 Å². The Balaban J connectivity index is 2.60. The monoisotopic (exact) mass is 283 g/mol. The molecule has 0 fully saturated rings. The van der Waals surface area contributed by atoms with Crippen LogP contribution >= 0.6 is 11.3 Å². The van der Waals surface area contributed by atoms with E-state index in [4.69, 9.17) is 0 Å². The van der Waals surface area contributed by atoms with E-state index in [1.54, 1.807) is 0 Å². The summed E-state index contributed by atoms with van der Waals surface area (Å²) in [6.07, 6.45) is 0.534. The fourth-order valence-corrected chi connectivity index (χ4v) is 2.73. The minimum Gasteiger partial charge on any atom is -0.481 e. The van der Waals surface area contributed by atoms with E-state index in [1.807, 2.05) is 39.1 Å². The third kappa shape index (κ3) is 5.03. The zero-order chi connectivity index (χ0) is 14.6. The van der Waals surface area contributed by atoms with Crippen LogP contribution in [0.25, 0.3) is 0 Å². The fraction of sp³-hybridized carbons (Fsp3) is 0.571. The molecule has 1 heterocycles. The summed E-state index contributed by atoms with van der Waals surface area (Å²) in [5.74, 6) is -1.60. The van der Waals surface area contributed by atoms with Crippen molar-refractivity contribution >= 4 is 23.2 Å². The number of aliphatic carboxylic acids is 1. The zero-order valence-electron chi connectivity index (χ0n) is 11.8. The molecule has 0 aliphatic carbocycles. The zero-order valence-corrected chi connectivity index (χ0v) is 12.6. The molecule has 0 bridgehead atoms. The second kappa shape index (κ2) is 6.19. The van der Waals surface area contributed by atoms with Crippen molar-refractivity contribution < 1.29 is 14.7 Å². The van der Waals surface area contributed by atoms with Gasteiger partial charge in [0.1, 0.15) is 0 Å². The number of rotatable bonds is 5. The molecular weight excluding hydrogens is 262 g/mol. The maximum absolute atomic E-state index is 11.9. The number of carbonyl (C=O) groups excluding carboxylic acids is 1. The number of carboxylic acids is 1. The summed E-state index contributed by atoms with van der Waals surface area (Å²) in [7, 11) is 0. The molecule has 1 atom stereocenters. The van der Waals surface area contributed by atoms with Crippen molar-refractivity contribution in [3.8, 4) is 0 Å². The number of thiophene rings is 1. The first-order valence-electron chi connectivity index (χ1n) is 6.26. The SMILES string of the molecule is Cc1ccsc1C(=O)NCC(CC(C)(C)C)C(=O)O. The number of amides is 1. The van der Waals surface area contributed by atoms with E-state index in [0.29, 0.717) is 11.3 Å². The normalized spacial score (nSPS) is 13.1. The van der Waals surface area contributed by atoms with Gasteiger partial charge in [0.05, 0.1) is 10.8 Å². The van der Waals surface area contributed by atoms with E-state index in [0.717, 1.165) is 5.56 Å². The lowest BCUT2D eigenvalue weighted by Crippen LogP contribution is -2.34. The maximum Gasteiger partial charge on any atom is 0.308 e. The molecule has 1 amide bonds. The molecule has 0 aliphatic heterocycles. The lowest BCUT2D eigenvalue weighted by Gasteiger charge is -2.23. The number of carbonyl (C=O) groups is 2. The second-order valence-corrected chi connectivity index (χ2v) is 6.86. The summed E-state index contributed by atoms with van der Waals surface area (Å²) < 4.78 is 0.